The molecule has 5 nitrogen and oxygen atoms in total. The molecule has 2 amide bonds. The first-order valence-electron chi connectivity index (χ1n) is 6.26. The first kappa shape index (κ1) is 13.3. The third kappa shape index (κ3) is 2.81. The van der Waals surface area contributed by atoms with Crippen LogP contribution in [0.25, 0.3) is 0 Å². The minimum absolute atomic E-state index is 0.0561. The molecule has 1 fully saturated rings. The van der Waals surface area contributed by atoms with Gasteiger partial charge >= 0.3 is 0 Å². The molecular formula is C14H16N2O3. The van der Waals surface area contributed by atoms with Gasteiger partial charge in [0.15, 0.2) is 5.78 Å². The van der Waals surface area contributed by atoms with Gasteiger partial charge in [0.2, 0.25) is 11.8 Å². The second kappa shape index (κ2) is 5.22. The molecule has 2 rings (SSSR count). The quantitative estimate of drug-likeness (QED) is 0.841. The topological polar surface area (TPSA) is 66.5 Å². The third-order valence-electron chi connectivity index (χ3n) is 2.99. The predicted octanol–water partition coefficient (Wildman–Crippen LogP) is 1.68. The lowest BCUT2D eigenvalue weighted by Crippen LogP contribution is -2.50. The molecule has 1 saturated heterocycles. The normalized spacial score (nSPS) is 15.6. The van der Waals surface area contributed by atoms with Crippen LogP contribution >= 0.6 is 0 Å². The minimum atomic E-state index is -0.179. The molecule has 5 heteroatoms. The Bertz CT molecular complexity index is 520. The number of carbonyl (C=O) groups excluding carboxylic acids is 3. The molecule has 0 atom stereocenters. The van der Waals surface area contributed by atoms with Gasteiger partial charge in [-0.3, -0.25) is 19.8 Å². The maximum absolute atomic E-state index is 11.8. The second-order valence-electron chi connectivity index (χ2n) is 4.83. The average Bonchev–Trinajstić information content (AvgIpc) is 2.41. The first-order valence-corrected chi connectivity index (χ1v) is 6.26. The molecule has 1 aliphatic heterocycles. The Labute approximate surface area is 111 Å². The van der Waals surface area contributed by atoms with Gasteiger partial charge in [-0.2, -0.15) is 0 Å². The highest BCUT2D eigenvalue weighted by molar-refractivity contribution is 6.02. The molecule has 100 valence electrons. The zero-order valence-electron chi connectivity index (χ0n) is 11.0. The van der Waals surface area contributed by atoms with Gasteiger partial charge in [0, 0.05) is 24.3 Å². The van der Waals surface area contributed by atoms with Gasteiger partial charge in [0.1, 0.15) is 0 Å². The van der Waals surface area contributed by atoms with Crippen molar-refractivity contribution in [3.8, 4) is 0 Å². The van der Waals surface area contributed by atoms with Crippen LogP contribution in [0.15, 0.2) is 24.3 Å². The predicted molar refractivity (Wildman–Crippen MR) is 70.5 cm³/mol. The number of nitrogens with one attached hydrogen (secondary N) is 1. The molecule has 1 aromatic rings. The lowest BCUT2D eigenvalue weighted by atomic mass is 10.0. The van der Waals surface area contributed by atoms with Crippen LogP contribution in [0, 0.1) is 5.92 Å². The van der Waals surface area contributed by atoms with Gasteiger partial charge in [-0.25, -0.2) is 5.01 Å². The van der Waals surface area contributed by atoms with E-state index in [9.17, 15) is 14.4 Å². The number of hydrogen-bond acceptors (Lipinski definition) is 3. The van der Waals surface area contributed by atoms with Crippen molar-refractivity contribution >= 4 is 23.3 Å². The van der Waals surface area contributed by atoms with E-state index in [0.717, 1.165) is 0 Å². The largest absolute Gasteiger partial charge is 0.294 e. The van der Waals surface area contributed by atoms with Gasteiger partial charge in [0.05, 0.1) is 5.69 Å². The number of hydrogen-bond donors (Lipinski definition) is 1. The Hall–Kier alpha value is -2.17. The summed E-state index contributed by atoms with van der Waals surface area (Å²) in [5.41, 5.74) is 3.69. The Morgan fingerprint density at radius 3 is 2.37 bits per heavy atom. The summed E-state index contributed by atoms with van der Waals surface area (Å²) in [5.74, 6) is -0.341. The Kier molecular flexibility index (Phi) is 3.64. The molecular weight excluding hydrogens is 244 g/mol. The van der Waals surface area contributed by atoms with E-state index in [1.54, 1.807) is 24.3 Å². The summed E-state index contributed by atoms with van der Waals surface area (Å²) in [4.78, 5) is 34.8. The SMILES string of the molecule is CC(C)C(=O)c1ccc(N2NC(=O)CCC2=O)cc1. The number of amides is 2. The van der Waals surface area contributed by atoms with Crippen LogP contribution in [0.4, 0.5) is 5.69 Å². The van der Waals surface area contributed by atoms with Crippen molar-refractivity contribution < 1.29 is 14.4 Å². The smallest absolute Gasteiger partial charge is 0.246 e. The Balaban J connectivity index is 2.20. The highest BCUT2D eigenvalue weighted by Crippen LogP contribution is 2.19. The van der Waals surface area contributed by atoms with Crippen molar-refractivity contribution in [3.63, 3.8) is 0 Å². The van der Waals surface area contributed by atoms with Crippen LogP contribution in [0.3, 0.4) is 0 Å². The molecule has 0 aromatic heterocycles. The van der Waals surface area contributed by atoms with Crippen LogP contribution < -0.4 is 10.4 Å². The van der Waals surface area contributed by atoms with E-state index in [4.69, 9.17) is 0 Å². The number of hydrazine groups is 1. The van der Waals surface area contributed by atoms with E-state index in [1.807, 2.05) is 13.8 Å². The number of benzene rings is 1. The van der Waals surface area contributed by atoms with Crippen LogP contribution in [0.2, 0.25) is 0 Å². The summed E-state index contributed by atoms with van der Waals surface area (Å²) >= 11 is 0. The van der Waals surface area contributed by atoms with Crippen LogP contribution in [-0.4, -0.2) is 17.6 Å². The summed E-state index contributed by atoms with van der Waals surface area (Å²) in [6.07, 6.45) is 0.428. The van der Waals surface area contributed by atoms with E-state index in [0.29, 0.717) is 11.3 Å². The third-order valence-corrected chi connectivity index (χ3v) is 2.99. The van der Waals surface area contributed by atoms with Gasteiger partial charge < -0.3 is 0 Å². The fourth-order valence-electron chi connectivity index (χ4n) is 1.89. The number of rotatable bonds is 3. The van der Waals surface area contributed by atoms with Gasteiger partial charge in [-0.05, 0) is 24.3 Å². The highest BCUT2D eigenvalue weighted by Gasteiger charge is 2.24. The average molecular weight is 260 g/mol. The van der Waals surface area contributed by atoms with Crippen LogP contribution in [0.1, 0.15) is 37.0 Å². The van der Waals surface area contributed by atoms with Crippen LogP contribution in [0.5, 0.6) is 0 Å². The number of ketones is 1. The molecule has 0 unspecified atom stereocenters. The molecule has 0 aliphatic carbocycles. The van der Waals surface area contributed by atoms with Crippen LogP contribution in [-0.2, 0) is 9.59 Å². The van der Waals surface area contributed by atoms with Gasteiger partial charge in [-0.1, -0.05) is 13.8 Å². The van der Waals surface area contributed by atoms with Gasteiger partial charge in [-0.15, -0.1) is 0 Å². The van der Waals surface area contributed by atoms with Crippen molar-refractivity contribution in [3.05, 3.63) is 29.8 Å². The van der Waals surface area contributed by atoms with E-state index in [-0.39, 0.29) is 36.4 Å². The summed E-state index contributed by atoms with van der Waals surface area (Å²) in [6, 6.07) is 6.68. The van der Waals surface area contributed by atoms with Crippen molar-refractivity contribution in [2.24, 2.45) is 5.92 Å². The second-order valence-corrected chi connectivity index (χ2v) is 4.83. The summed E-state index contributed by atoms with van der Waals surface area (Å²) in [6.45, 7) is 3.68. The molecule has 0 bridgehead atoms. The van der Waals surface area contributed by atoms with E-state index >= 15 is 0 Å². The first-order chi connectivity index (χ1) is 8.99. The maximum atomic E-state index is 11.8. The van der Waals surface area contributed by atoms with Crippen molar-refractivity contribution in [2.75, 3.05) is 5.01 Å². The highest BCUT2D eigenvalue weighted by atomic mass is 16.2. The summed E-state index contributed by atoms with van der Waals surface area (Å²) in [7, 11) is 0. The molecule has 1 aliphatic rings. The fourth-order valence-corrected chi connectivity index (χ4v) is 1.89. The molecule has 0 radical (unpaired) electrons. The van der Waals surface area contributed by atoms with Crippen molar-refractivity contribution in [1.82, 2.24) is 5.43 Å². The number of nitrogens with zero attached hydrogens (tertiary/aromatic N) is 1. The standard InChI is InChI=1S/C14H16N2O3/c1-9(2)14(19)10-3-5-11(6-4-10)16-13(18)8-7-12(17)15-16/h3-6,9H,7-8H2,1-2H3,(H,15,17). The van der Waals surface area contributed by atoms with E-state index in [1.165, 1.54) is 5.01 Å². The van der Waals surface area contributed by atoms with E-state index in [2.05, 4.69) is 5.43 Å². The summed E-state index contributed by atoms with van der Waals surface area (Å²) in [5, 5.41) is 1.23. The number of anilines is 1. The van der Waals surface area contributed by atoms with Crippen molar-refractivity contribution in [1.29, 1.82) is 0 Å². The zero-order valence-corrected chi connectivity index (χ0v) is 11.0. The minimum Gasteiger partial charge on any atom is -0.294 e. The number of Topliss-reactive ketones (excluding diaryl/α,β-unsaturated/α-hetero) is 1. The zero-order chi connectivity index (χ0) is 14.0. The molecule has 1 N–H and O–H groups in total. The molecule has 0 saturated carbocycles. The van der Waals surface area contributed by atoms with E-state index < -0.39 is 0 Å². The molecule has 1 heterocycles. The lowest BCUT2D eigenvalue weighted by molar-refractivity contribution is -0.130. The molecule has 19 heavy (non-hydrogen) atoms. The molecule has 0 spiro atoms. The maximum Gasteiger partial charge on any atom is 0.246 e. The fraction of sp³-hybridized carbons (Fsp3) is 0.357. The Morgan fingerprint density at radius 2 is 1.79 bits per heavy atom. The summed E-state index contributed by atoms with van der Waals surface area (Å²) < 4.78 is 0. The molecule has 1 aromatic carbocycles. The van der Waals surface area contributed by atoms with Gasteiger partial charge in [0.25, 0.3) is 0 Å². The lowest BCUT2D eigenvalue weighted by Gasteiger charge is -2.27. The number of carbonyl (C=O) groups is 3. The van der Waals surface area contributed by atoms with Crippen molar-refractivity contribution in [2.45, 2.75) is 26.7 Å². The Morgan fingerprint density at radius 1 is 1.16 bits per heavy atom. The monoisotopic (exact) mass is 260 g/mol.